The van der Waals surface area contributed by atoms with Crippen molar-refractivity contribution in [2.24, 2.45) is 10.7 Å². The molecule has 22 heavy (non-hydrogen) atoms. The van der Waals surface area contributed by atoms with Crippen molar-refractivity contribution >= 4 is 28.9 Å². The molecule has 2 aromatic rings. The first kappa shape index (κ1) is 14.3. The van der Waals surface area contributed by atoms with E-state index in [-0.39, 0.29) is 5.70 Å². The van der Waals surface area contributed by atoms with Gasteiger partial charge in [-0.05, 0) is 24.3 Å². The summed E-state index contributed by atoms with van der Waals surface area (Å²) in [4.78, 5) is 16.3. The number of hydrogen-bond acceptors (Lipinski definition) is 3. The van der Waals surface area contributed by atoms with E-state index in [1.54, 1.807) is 24.3 Å². The second-order valence-corrected chi connectivity index (χ2v) is 5.04. The zero-order valence-electron chi connectivity index (χ0n) is 11.3. The molecule has 0 saturated carbocycles. The molecule has 110 valence electrons. The van der Waals surface area contributed by atoms with E-state index in [0.29, 0.717) is 27.5 Å². The third-order valence-electron chi connectivity index (χ3n) is 3.24. The molecule has 3 N–H and O–H groups in total. The molecule has 3 rings (SSSR count). The number of benzene rings is 2. The predicted octanol–water partition coefficient (Wildman–Crippen LogP) is 3.07. The molecular formula is C16H11ClFN3O. The van der Waals surface area contributed by atoms with Crippen LogP contribution in [0.25, 0.3) is 0 Å². The van der Waals surface area contributed by atoms with E-state index in [4.69, 9.17) is 17.3 Å². The molecule has 2 aromatic carbocycles. The Balaban J connectivity index is 2.31. The molecule has 6 heteroatoms. The number of carbonyl (C=O) groups excluding carboxylic acids is 1. The third-order valence-corrected chi connectivity index (χ3v) is 3.57. The largest absolute Gasteiger partial charge is 0.403 e. The number of anilines is 1. The molecule has 0 fully saturated rings. The van der Waals surface area contributed by atoms with Gasteiger partial charge in [-0.15, -0.1) is 0 Å². The first-order valence-corrected chi connectivity index (χ1v) is 6.84. The van der Waals surface area contributed by atoms with Gasteiger partial charge in [0.05, 0.1) is 11.4 Å². The lowest BCUT2D eigenvalue weighted by Crippen LogP contribution is -2.13. The number of hydrogen-bond donors (Lipinski definition) is 2. The molecule has 1 aliphatic heterocycles. The minimum absolute atomic E-state index is 0.0338. The molecule has 0 unspecified atom stereocenters. The van der Waals surface area contributed by atoms with Crippen LogP contribution in [0, 0.1) is 5.82 Å². The van der Waals surface area contributed by atoms with Crippen LogP contribution in [0.2, 0.25) is 5.02 Å². The van der Waals surface area contributed by atoms with E-state index in [2.05, 4.69) is 10.3 Å². The van der Waals surface area contributed by atoms with Crippen molar-refractivity contribution in [3.05, 3.63) is 76.3 Å². The summed E-state index contributed by atoms with van der Waals surface area (Å²) < 4.78 is 13.7. The van der Waals surface area contributed by atoms with Crippen LogP contribution in [-0.2, 0) is 4.79 Å². The Kier molecular flexibility index (Phi) is 3.65. The van der Waals surface area contributed by atoms with E-state index in [0.717, 1.165) is 6.20 Å². The Morgan fingerprint density at radius 3 is 2.68 bits per heavy atom. The third kappa shape index (κ3) is 2.46. The Morgan fingerprint density at radius 2 is 1.95 bits per heavy atom. The fourth-order valence-corrected chi connectivity index (χ4v) is 2.44. The van der Waals surface area contributed by atoms with E-state index in [1.807, 2.05) is 0 Å². The maximum absolute atomic E-state index is 13.7. The lowest BCUT2D eigenvalue weighted by molar-refractivity contribution is -0.112. The lowest BCUT2D eigenvalue weighted by atomic mass is 10.0. The molecular weight excluding hydrogens is 305 g/mol. The molecule has 0 bridgehead atoms. The first-order valence-electron chi connectivity index (χ1n) is 6.47. The molecule has 0 spiro atoms. The number of rotatable bonds is 1. The average molecular weight is 316 g/mol. The fraction of sp³-hybridized carbons (Fsp3) is 0. The first-order chi connectivity index (χ1) is 10.6. The summed E-state index contributed by atoms with van der Waals surface area (Å²) in [5, 5.41) is 3.10. The zero-order chi connectivity index (χ0) is 15.7. The number of halogens is 2. The van der Waals surface area contributed by atoms with Gasteiger partial charge in [0.2, 0.25) is 0 Å². The van der Waals surface area contributed by atoms with E-state index < -0.39 is 11.7 Å². The second-order valence-electron chi connectivity index (χ2n) is 4.64. The SMILES string of the molecule is NC=C1N=C(c2ccccc2Cl)c2cc(F)ccc2NC1=O. The Bertz CT molecular complexity index is 830. The van der Waals surface area contributed by atoms with Gasteiger partial charge in [0, 0.05) is 22.3 Å². The summed E-state index contributed by atoms with van der Waals surface area (Å²) in [5.74, 6) is -0.898. The van der Waals surface area contributed by atoms with Gasteiger partial charge in [0.15, 0.2) is 0 Å². The average Bonchev–Trinajstić information content (AvgIpc) is 2.64. The number of nitrogens with two attached hydrogens (primary N) is 1. The molecule has 0 aromatic heterocycles. The normalized spacial score (nSPS) is 15.8. The Hall–Kier alpha value is -2.66. The second kappa shape index (κ2) is 5.61. The van der Waals surface area contributed by atoms with Crippen LogP contribution in [-0.4, -0.2) is 11.6 Å². The van der Waals surface area contributed by atoms with Gasteiger partial charge >= 0.3 is 0 Å². The smallest absolute Gasteiger partial charge is 0.275 e. The van der Waals surface area contributed by atoms with Crippen molar-refractivity contribution in [1.82, 2.24) is 0 Å². The van der Waals surface area contributed by atoms with Crippen molar-refractivity contribution < 1.29 is 9.18 Å². The van der Waals surface area contributed by atoms with Crippen LogP contribution in [0.3, 0.4) is 0 Å². The van der Waals surface area contributed by atoms with Crippen LogP contribution in [0.1, 0.15) is 11.1 Å². The number of amides is 1. The zero-order valence-corrected chi connectivity index (χ0v) is 12.1. The Labute approximate surface area is 131 Å². The molecule has 4 nitrogen and oxygen atoms in total. The minimum Gasteiger partial charge on any atom is -0.403 e. The number of aliphatic imine (C=N–C) groups is 1. The van der Waals surface area contributed by atoms with Gasteiger partial charge in [-0.25, -0.2) is 9.38 Å². The monoisotopic (exact) mass is 315 g/mol. The molecule has 0 radical (unpaired) electrons. The topological polar surface area (TPSA) is 67.5 Å². The van der Waals surface area contributed by atoms with Crippen LogP contribution < -0.4 is 11.1 Å². The van der Waals surface area contributed by atoms with Gasteiger partial charge in [-0.3, -0.25) is 4.79 Å². The number of fused-ring (bicyclic) bond motifs is 1. The summed E-state index contributed by atoms with van der Waals surface area (Å²) in [6.07, 6.45) is 1.11. The molecule has 1 heterocycles. The summed E-state index contributed by atoms with van der Waals surface area (Å²) in [7, 11) is 0. The van der Waals surface area contributed by atoms with Crippen LogP contribution in [0.4, 0.5) is 10.1 Å². The summed E-state index contributed by atoms with van der Waals surface area (Å²) in [6, 6.07) is 11.1. The van der Waals surface area contributed by atoms with Crippen LogP contribution >= 0.6 is 11.6 Å². The number of nitrogens with zero attached hydrogens (tertiary/aromatic N) is 1. The number of benzodiazepines with no additional fused rings is 1. The van der Waals surface area contributed by atoms with Crippen molar-refractivity contribution in [3.63, 3.8) is 0 Å². The lowest BCUT2D eigenvalue weighted by Gasteiger charge is -2.10. The highest BCUT2D eigenvalue weighted by Crippen LogP contribution is 2.28. The molecule has 0 atom stereocenters. The minimum atomic E-state index is -0.461. The van der Waals surface area contributed by atoms with E-state index in [9.17, 15) is 9.18 Å². The summed E-state index contributed by atoms with van der Waals surface area (Å²) in [5.41, 5.74) is 7.37. The molecule has 0 aliphatic carbocycles. The summed E-state index contributed by atoms with van der Waals surface area (Å²) >= 11 is 6.21. The maximum atomic E-state index is 13.7. The highest BCUT2D eigenvalue weighted by molar-refractivity contribution is 6.36. The summed E-state index contributed by atoms with van der Waals surface area (Å²) in [6.45, 7) is 0. The molecule has 1 amide bonds. The number of carbonyl (C=O) groups is 1. The van der Waals surface area contributed by atoms with Gasteiger partial charge < -0.3 is 11.1 Å². The van der Waals surface area contributed by atoms with Gasteiger partial charge in [-0.1, -0.05) is 29.8 Å². The van der Waals surface area contributed by atoms with Gasteiger partial charge in [0.25, 0.3) is 5.91 Å². The highest BCUT2D eigenvalue weighted by Gasteiger charge is 2.23. The molecule has 1 aliphatic rings. The van der Waals surface area contributed by atoms with Crippen LogP contribution in [0.15, 0.2) is 59.4 Å². The van der Waals surface area contributed by atoms with Crippen molar-refractivity contribution in [2.75, 3.05) is 5.32 Å². The van der Waals surface area contributed by atoms with E-state index >= 15 is 0 Å². The van der Waals surface area contributed by atoms with Crippen molar-refractivity contribution in [3.8, 4) is 0 Å². The fourth-order valence-electron chi connectivity index (χ4n) is 2.21. The van der Waals surface area contributed by atoms with Gasteiger partial charge in [0.1, 0.15) is 11.5 Å². The number of nitrogens with one attached hydrogen (secondary N) is 1. The maximum Gasteiger partial charge on any atom is 0.275 e. The highest BCUT2D eigenvalue weighted by atomic mass is 35.5. The van der Waals surface area contributed by atoms with E-state index in [1.165, 1.54) is 18.2 Å². The quantitative estimate of drug-likeness (QED) is 0.794. The van der Waals surface area contributed by atoms with Crippen molar-refractivity contribution in [2.45, 2.75) is 0 Å². The predicted molar refractivity (Wildman–Crippen MR) is 84.4 cm³/mol. The Morgan fingerprint density at radius 1 is 1.18 bits per heavy atom. The molecule has 0 saturated heterocycles. The van der Waals surface area contributed by atoms with Crippen molar-refractivity contribution in [1.29, 1.82) is 0 Å². The van der Waals surface area contributed by atoms with Gasteiger partial charge in [-0.2, -0.15) is 0 Å². The standard InChI is InChI=1S/C16H11ClFN3O/c17-12-4-2-1-3-10(12)15-11-7-9(18)5-6-13(11)21-16(22)14(8-19)20-15/h1-8H,19H2,(H,21,22). The van der Waals surface area contributed by atoms with Crippen LogP contribution in [0.5, 0.6) is 0 Å².